The predicted octanol–water partition coefficient (Wildman–Crippen LogP) is 2.55. The molecule has 0 saturated carbocycles. The molecule has 0 aromatic carbocycles. The Labute approximate surface area is 108 Å². The number of nitrogens with zero attached hydrogens (tertiary/aromatic N) is 3. The SMILES string of the molecule is CC(C)(C)OC(=O)N(C(=O)O)c1cc(Cl)cnn1. The maximum Gasteiger partial charge on any atom is 0.425 e. The highest BCUT2D eigenvalue weighted by molar-refractivity contribution is 6.30. The van der Waals surface area contributed by atoms with Crippen LogP contribution in [0.4, 0.5) is 15.4 Å². The van der Waals surface area contributed by atoms with E-state index in [2.05, 4.69) is 10.2 Å². The molecule has 0 unspecified atom stereocenters. The standard InChI is InChI=1S/C10H12ClN3O4/c1-10(2,3)18-9(17)14(8(15)16)7-4-6(11)5-12-13-7/h4-5H,1-3H3,(H,15,16). The highest BCUT2D eigenvalue weighted by atomic mass is 35.5. The lowest BCUT2D eigenvalue weighted by atomic mass is 10.2. The zero-order chi connectivity index (χ0) is 13.9. The molecule has 8 heteroatoms. The molecule has 0 radical (unpaired) electrons. The fraction of sp³-hybridized carbons (Fsp3) is 0.400. The summed E-state index contributed by atoms with van der Waals surface area (Å²) in [5, 5.41) is 16.2. The molecule has 1 N–H and O–H groups in total. The van der Waals surface area contributed by atoms with E-state index in [0.717, 1.165) is 0 Å². The minimum Gasteiger partial charge on any atom is -0.464 e. The second kappa shape index (κ2) is 5.18. The first-order valence-electron chi connectivity index (χ1n) is 4.95. The van der Waals surface area contributed by atoms with E-state index < -0.39 is 17.8 Å². The van der Waals surface area contributed by atoms with Crippen LogP contribution in [0, 0.1) is 0 Å². The van der Waals surface area contributed by atoms with E-state index in [1.807, 2.05) is 0 Å². The van der Waals surface area contributed by atoms with E-state index in [9.17, 15) is 9.59 Å². The van der Waals surface area contributed by atoms with Gasteiger partial charge in [-0.1, -0.05) is 11.6 Å². The number of anilines is 1. The third kappa shape index (κ3) is 3.85. The number of ether oxygens (including phenoxy) is 1. The molecule has 0 bridgehead atoms. The first-order valence-corrected chi connectivity index (χ1v) is 5.33. The number of aromatic nitrogens is 2. The molecule has 18 heavy (non-hydrogen) atoms. The second-order valence-electron chi connectivity index (χ2n) is 4.33. The molecule has 1 heterocycles. The van der Waals surface area contributed by atoms with Crippen LogP contribution in [-0.4, -0.2) is 33.1 Å². The van der Waals surface area contributed by atoms with Gasteiger partial charge in [-0.25, -0.2) is 9.59 Å². The maximum atomic E-state index is 11.7. The van der Waals surface area contributed by atoms with Gasteiger partial charge in [0.2, 0.25) is 0 Å². The Kier molecular flexibility index (Phi) is 4.07. The molecule has 0 aliphatic carbocycles. The summed E-state index contributed by atoms with van der Waals surface area (Å²) in [7, 11) is 0. The van der Waals surface area contributed by atoms with Crippen LogP contribution in [0.25, 0.3) is 0 Å². The van der Waals surface area contributed by atoms with E-state index in [4.69, 9.17) is 21.4 Å². The molecule has 0 aliphatic heterocycles. The van der Waals surface area contributed by atoms with Crippen LogP contribution in [0.2, 0.25) is 5.02 Å². The number of imide groups is 1. The van der Waals surface area contributed by atoms with Crippen LogP contribution in [0.3, 0.4) is 0 Å². The van der Waals surface area contributed by atoms with Crippen LogP contribution in [0.5, 0.6) is 0 Å². The lowest BCUT2D eigenvalue weighted by Gasteiger charge is -2.23. The van der Waals surface area contributed by atoms with Crippen LogP contribution >= 0.6 is 11.6 Å². The van der Waals surface area contributed by atoms with Gasteiger partial charge in [0.1, 0.15) is 5.60 Å². The molecule has 0 saturated heterocycles. The summed E-state index contributed by atoms with van der Waals surface area (Å²) in [6.07, 6.45) is -1.37. The first-order chi connectivity index (χ1) is 8.20. The van der Waals surface area contributed by atoms with E-state index >= 15 is 0 Å². The molecule has 0 spiro atoms. The minimum absolute atomic E-state index is 0.162. The van der Waals surface area contributed by atoms with Crippen LogP contribution in [0.1, 0.15) is 20.8 Å². The van der Waals surface area contributed by atoms with Gasteiger partial charge in [-0.2, -0.15) is 10.00 Å². The number of carboxylic acid groups (broad SMARTS) is 1. The highest BCUT2D eigenvalue weighted by Crippen LogP contribution is 2.18. The van der Waals surface area contributed by atoms with Crippen molar-refractivity contribution >= 4 is 29.6 Å². The first kappa shape index (κ1) is 14.2. The fourth-order valence-corrected chi connectivity index (χ4v) is 1.16. The van der Waals surface area contributed by atoms with Gasteiger partial charge < -0.3 is 9.84 Å². The Morgan fingerprint density at radius 3 is 2.50 bits per heavy atom. The number of hydrogen-bond donors (Lipinski definition) is 1. The molecular formula is C10H12ClN3O4. The largest absolute Gasteiger partial charge is 0.464 e. The summed E-state index contributed by atoms with van der Waals surface area (Å²) in [4.78, 5) is 23.1. The Morgan fingerprint density at radius 1 is 1.44 bits per heavy atom. The summed E-state index contributed by atoms with van der Waals surface area (Å²) >= 11 is 5.66. The third-order valence-electron chi connectivity index (χ3n) is 1.60. The Hall–Kier alpha value is -1.89. The van der Waals surface area contributed by atoms with Crippen LogP contribution in [0.15, 0.2) is 12.3 Å². The normalized spacial score (nSPS) is 10.9. The minimum atomic E-state index is -1.53. The third-order valence-corrected chi connectivity index (χ3v) is 1.81. The molecule has 7 nitrogen and oxygen atoms in total. The van der Waals surface area contributed by atoms with Crippen molar-refractivity contribution < 1.29 is 19.4 Å². The van der Waals surface area contributed by atoms with Crippen molar-refractivity contribution in [3.8, 4) is 0 Å². The zero-order valence-electron chi connectivity index (χ0n) is 10.0. The van der Waals surface area contributed by atoms with Crippen LogP contribution < -0.4 is 4.90 Å². The van der Waals surface area contributed by atoms with Crippen molar-refractivity contribution in [2.45, 2.75) is 26.4 Å². The Balaban J connectivity index is 3.04. The Bertz CT molecular complexity index is 472. The number of carbonyl (C=O) groups excluding carboxylic acids is 1. The van der Waals surface area contributed by atoms with E-state index in [1.165, 1.54) is 12.3 Å². The molecule has 2 amide bonds. The summed E-state index contributed by atoms with van der Waals surface area (Å²) in [6, 6.07) is 1.20. The summed E-state index contributed by atoms with van der Waals surface area (Å²) < 4.78 is 4.95. The highest BCUT2D eigenvalue weighted by Gasteiger charge is 2.29. The van der Waals surface area contributed by atoms with Crippen molar-refractivity contribution in [1.29, 1.82) is 0 Å². The fourth-order valence-electron chi connectivity index (χ4n) is 1.02. The maximum absolute atomic E-state index is 11.7. The summed E-state index contributed by atoms with van der Waals surface area (Å²) in [5.41, 5.74) is -0.823. The van der Waals surface area contributed by atoms with Gasteiger partial charge in [-0.05, 0) is 20.8 Å². The van der Waals surface area contributed by atoms with Crippen molar-refractivity contribution in [3.05, 3.63) is 17.3 Å². The van der Waals surface area contributed by atoms with E-state index in [1.54, 1.807) is 20.8 Å². The van der Waals surface area contributed by atoms with Gasteiger partial charge in [0.15, 0.2) is 5.82 Å². The number of rotatable bonds is 1. The molecule has 0 aliphatic rings. The number of halogens is 1. The molecule has 1 aromatic heterocycles. The van der Waals surface area contributed by atoms with Crippen LogP contribution in [-0.2, 0) is 4.74 Å². The number of carbonyl (C=O) groups is 2. The lowest BCUT2D eigenvalue weighted by molar-refractivity contribution is 0.0580. The summed E-state index contributed by atoms with van der Waals surface area (Å²) in [6.45, 7) is 4.86. The van der Waals surface area contributed by atoms with Gasteiger partial charge in [-0.3, -0.25) is 0 Å². The second-order valence-corrected chi connectivity index (χ2v) is 4.77. The summed E-state index contributed by atoms with van der Waals surface area (Å²) in [5.74, 6) is -0.218. The molecule has 1 aromatic rings. The van der Waals surface area contributed by atoms with Gasteiger partial charge in [0.05, 0.1) is 11.2 Å². The van der Waals surface area contributed by atoms with Gasteiger partial charge in [-0.15, -0.1) is 5.10 Å². The van der Waals surface area contributed by atoms with Gasteiger partial charge in [0, 0.05) is 6.07 Å². The zero-order valence-corrected chi connectivity index (χ0v) is 10.8. The van der Waals surface area contributed by atoms with Crippen molar-refractivity contribution in [3.63, 3.8) is 0 Å². The molecule has 0 atom stereocenters. The molecule has 98 valence electrons. The average Bonchev–Trinajstić information content (AvgIpc) is 2.13. The van der Waals surface area contributed by atoms with Crippen molar-refractivity contribution in [2.24, 2.45) is 0 Å². The quantitative estimate of drug-likeness (QED) is 0.845. The lowest BCUT2D eigenvalue weighted by Crippen LogP contribution is -2.40. The van der Waals surface area contributed by atoms with Gasteiger partial charge >= 0.3 is 12.2 Å². The monoisotopic (exact) mass is 273 g/mol. The Morgan fingerprint density at radius 2 is 2.06 bits per heavy atom. The molecular weight excluding hydrogens is 262 g/mol. The number of amides is 2. The predicted molar refractivity (Wildman–Crippen MR) is 63.8 cm³/mol. The van der Waals surface area contributed by atoms with Crippen molar-refractivity contribution in [1.82, 2.24) is 10.2 Å². The van der Waals surface area contributed by atoms with E-state index in [0.29, 0.717) is 4.90 Å². The van der Waals surface area contributed by atoms with Crippen molar-refractivity contribution in [2.75, 3.05) is 4.90 Å². The topological polar surface area (TPSA) is 92.6 Å². The van der Waals surface area contributed by atoms with E-state index in [-0.39, 0.29) is 10.8 Å². The average molecular weight is 274 g/mol. The number of hydrogen-bond acceptors (Lipinski definition) is 5. The molecule has 1 rings (SSSR count). The molecule has 0 fully saturated rings. The van der Waals surface area contributed by atoms with Gasteiger partial charge in [0.25, 0.3) is 0 Å². The smallest absolute Gasteiger partial charge is 0.425 e.